The maximum Gasteiger partial charge on any atom is 0.261 e. The summed E-state index contributed by atoms with van der Waals surface area (Å²) in [6.07, 6.45) is 0.701. The molecular formula is C14H12BrCl2NO2S. The summed E-state index contributed by atoms with van der Waals surface area (Å²) in [5, 5.41) is 0.334. The van der Waals surface area contributed by atoms with Gasteiger partial charge in [-0.05, 0) is 42.3 Å². The second-order valence-corrected chi connectivity index (χ2v) is 7.70. The van der Waals surface area contributed by atoms with Crippen LogP contribution in [0.2, 0.25) is 5.02 Å². The molecule has 0 unspecified atom stereocenters. The largest absolute Gasteiger partial charge is 0.278 e. The van der Waals surface area contributed by atoms with Crippen molar-refractivity contribution in [3.8, 4) is 0 Å². The molecule has 0 amide bonds. The monoisotopic (exact) mass is 407 g/mol. The minimum Gasteiger partial charge on any atom is -0.278 e. The van der Waals surface area contributed by atoms with Crippen LogP contribution in [0.5, 0.6) is 0 Å². The highest BCUT2D eigenvalue weighted by Gasteiger charge is 2.15. The van der Waals surface area contributed by atoms with Crippen LogP contribution in [0.25, 0.3) is 0 Å². The average molecular weight is 409 g/mol. The lowest BCUT2D eigenvalue weighted by Gasteiger charge is -2.10. The summed E-state index contributed by atoms with van der Waals surface area (Å²) in [7, 11) is -3.67. The number of benzene rings is 2. The van der Waals surface area contributed by atoms with Crippen molar-refractivity contribution >= 4 is 54.8 Å². The van der Waals surface area contributed by atoms with Crippen molar-refractivity contribution in [3.63, 3.8) is 0 Å². The van der Waals surface area contributed by atoms with Crippen molar-refractivity contribution in [1.29, 1.82) is 0 Å². The van der Waals surface area contributed by atoms with Gasteiger partial charge in [-0.3, -0.25) is 4.72 Å². The summed E-state index contributed by atoms with van der Waals surface area (Å²) in [5.74, 6) is 0.498. The van der Waals surface area contributed by atoms with Gasteiger partial charge in [0, 0.05) is 10.4 Å². The molecule has 0 fully saturated rings. The summed E-state index contributed by atoms with van der Waals surface area (Å²) in [5.41, 5.74) is 1.32. The third-order valence-corrected chi connectivity index (χ3v) is 5.18. The van der Waals surface area contributed by atoms with Crippen LogP contribution in [0.1, 0.15) is 5.56 Å². The Kier molecular flexibility index (Phi) is 5.54. The lowest BCUT2D eigenvalue weighted by atomic mass is 10.2. The summed E-state index contributed by atoms with van der Waals surface area (Å²) in [6.45, 7) is 0. The van der Waals surface area contributed by atoms with E-state index in [2.05, 4.69) is 20.7 Å². The molecule has 1 N–H and O–H groups in total. The molecule has 0 aliphatic heterocycles. The summed E-state index contributed by atoms with van der Waals surface area (Å²) >= 11 is 14.9. The molecule has 112 valence electrons. The Morgan fingerprint density at radius 3 is 2.38 bits per heavy atom. The predicted molar refractivity (Wildman–Crippen MR) is 90.8 cm³/mol. The van der Waals surface area contributed by atoms with E-state index in [-0.39, 0.29) is 4.90 Å². The van der Waals surface area contributed by atoms with Crippen LogP contribution < -0.4 is 4.72 Å². The van der Waals surface area contributed by atoms with Crippen molar-refractivity contribution in [2.75, 3.05) is 10.6 Å². The molecule has 21 heavy (non-hydrogen) atoms. The van der Waals surface area contributed by atoms with Crippen molar-refractivity contribution in [2.45, 2.75) is 11.3 Å². The number of nitrogens with one attached hydrogen (secondary N) is 1. The summed E-state index contributed by atoms with van der Waals surface area (Å²) in [4.78, 5) is 0.178. The molecule has 0 aromatic heterocycles. The van der Waals surface area contributed by atoms with Gasteiger partial charge in [0.15, 0.2) is 0 Å². The van der Waals surface area contributed by atoms with E-state index in [1.54, 1.807) is 42.5 Å². The average Bonchev–Trinajstić information content (AvgIpc) is 2.44. The van der Waals surface area contributed by atoms with Gasteiger partial charge in [0.05, 0.1) is 15.6 Å². The zero-order valence-electron chi connectivity index (χ0n) is 10.8. The van der Waals surface area contributed by atoms with Gasteiger partial charge >= 0.3 is 0 Å². The van der Waals surface area contributed by atoms with E-state index < -0.39 is 10.0 Å². The number of halogens is 3. The van der Waals surface area contributed by atoms with Gasteiger partial charge in [-0.2, -0.15) is 0 Å². The maximum atomic E-state index is 12.3. The molecule has 0 atom stereocenters. The van der Waals surface area contributed by atoms with E-state index in [9.17, 15) is 8.42 Å². The third kappa shape index (κ3) is 4.36. The molecule has 0 saturated carbocycles. The minimum absolute atomic E-state index is 0.178. The quantitative estimate of drug-likeness (QED) is 0.729. The summed E-state index contributed by atoms with van der Waals surface area (Å²) < 4.78 is 27.9. The van der Waals surface area contributed by atoms with Crippen molar-refractivity contribution < 1.29 is 8.42 Å². The van der Waals surface area contributed by atoms with Crippen molar-refractivity contribution in [3.05, 3.63) is 57.5 Å². The molecule has 0 spiro atoms. The molecule has 3 nitrogen and oxygen atoms in total. The van der Waals surface area contributed by atoms with Gasteiger partial charge < -0.3 is 0 Å². The third-order valence-electron chi connectivity index (χ3n) is 2.79. The molecule has 0 aliphatic rings. The molecule has 2 aromatic carbocycles. The fraction of sp³-hybridized carbons (Fsp3) is 0.143. The standard InChI is InChI=1S/C14H12BrCl2NO2S/c15-11-3-6-13(17)14(9-11)18-21(19,20)12-4-1-10(2-5-12)7-8-16/h1-6,9,18H,7-8H2. The summed E-state index contributed by atoms with van der Waals surface area (Å²) in [6, 6.07) is 11.6. The number of sulfonamides is 1. The van der Waals surface area contributed by atoms with Crippen LogP contribution >= 0.6 is 39.1 Å². The number of hydrogen-bond donors (Lipinski definition) is 1. The van der Waals surface area contributed by atoms with Gasteiger partial charge in [-0.1, -0.05) is 39.7 Å². The van der Waals surface area contributed by atoms with Gasteiger partial charge in [-0.25, -0.2) is 8.42 Å². The zero-order valence-corrected chi connectivity index (χ0v) is 14.7. The van der Waals surface area contributed by atoms with Crippen molar-refractivity contribution in [1.82, 2.24) is 0 Å². The first-order chi connectivity index (χ1) is 9.92. The molecule has 0 saturated heterocycles. The molecule has 0 bridgehead atoms. The first-order valence-electron chi connectivity index (χ1n) is 6.05. The van der Waals surface area contributed by atoms with E-state index in [0.29, 0.717) is 23.0 Å². The van der Waals surface area contributed by atoms with Crippen molar-refractivity contribution in [2.24, 2.45) is 0 Å². The zero-order chi connectivity index (χ0) is 15.5. The topological polar surface area (TPSA) is 46.2 Å². The fourth-order valence-electron chi connectivity index (χ4n) is 1.72. The fourth-order valence-corrected chi connectivity index (χ4v) is 3.59. The normalized spacial score (nSPS) is 11.4. The Labute approximate surface area is 142 Å². The highest BCUT2D eigenvalue weighted by molar-refractivity contribution is 9.10. The first-order valence-corrected chi connectivity index (χ1v) is 9.24. The molecule has 2 aromatic rings. The number of rotatable bonds is 5. The van der Waals surface area contributed by atoms with Gasteiger partial charge in [0.1, 0.15) is 0 Å². The van der Waals surface area contributed by atoms with Gasteiger partial charge in [0.2, 0.25) is 0 Å². The van der Waals surface area contributed by atoms with Crippen LogP contribution in [0.4, 0.5) is 5.69 Å². The number of alkyl halides is 1. The smallest absolute Gasteiger partial charge is 0.261 e. The van der Waals surface area contributed by atoms with Crippen LogP contribution in [0.15, 0.2) is 51.8 Å². The molecule has 0 heterocycles. The Morgan fingerprint density at radius 2 is 1.76 bits per heavy atom. The second-order valence-electron chi connectivity index (χ2n) is 4.31. The van der Waals surface area contributed by atoms with Crippen LogP contribution in [-0.2, 0) is 16.4 Å². The molecule has 7 heteroatoms. The Hall–Kier alpha value is -0.750. The Bertz CT molecular complexity index is 733. The Balaban J connectivity index is 2.27. The van der Waals surface area contributed by atoms with Crippen LogP contribution in [0, 0.1) is 0 Å². The SMILES string of the molecule is O=S(=O)(Nc1cc(Br)ccc1Cl)c1ccc(CCCl)cc1. The minimum atomic E-state index is -3.67. The van der Waals surface area contributed by atoms with Gasteiger partial charge in [0.25, 0.3) is 10.0 Å². The Morgan fingerprint density at radius 1 is 1.10 bits per heavy atom. The van der Waals surface area contributed by atoms with Crippen LogP contribution in [0.3, 0.4) is 0 Å². The maximum absolute atomic E-state index is 12.3. The van der Waals surface area contributed by atoms with Gasteiger partial charge in [-0.15, -0.1) is 11.6 Å². The molecule has 2 rings (SSSR count). The molecule has 0 aliphatic carbocycles. The van der Waals surface area contributed by atoms with E-state index in [4.69, 9.17) is 23.2 Å². The van der Waals surface area contributed by atoms with Crippen LogP contribution in [-0.4, -0.2) is 14.3 Å². The van der Waals surface area contributed by atoms with E-state index in [0.717, 1.165) is 10.0 Å². The molecule has 0 radical (unpaired) electrons. The number of anilines is 1. The predicted octanol–water partition coefficient (Wildman–Crippen LogP) is 4.68. The number of aryl methyl sites for hydroxylation is 1. The lowest BCUT2D eigenvalue weighted by molar-refractivity contribution is 0.601. The van der Waals surface area contributed by atoms with E-state index >= 15 is 0 Å². The lowest BCUT2D eigenvalue weighted by Crippen LogP contribution is -2.13. The molecular weight excluding hydrogens is 397 g/mol. The van der Waals surface area contributed by atoms with E-state index in [1.165, 1.54) is 0 Å². The number of hydrogen-bond acceptors (Lipinski definition) is 2. The van der Waals surface area contributed by atoms with E-state index in [1.807, 2.05) is 0 Å². The highest BCUT2D eigenvalue weighted by atomic mass is 79.9. The second kappa shape index (κ2) is 7.01. The first kappa shape index (κ1) is 16.6. The highest BCUT2D eigenvalue weighted by Crippen LogP contribution is 2.28.